The van der Waals surface area contributed by atoms with Crippen molar-refractivity contribution in [3.05, 3.63) is 23.9 Å². The summed E-state index contributed by atoms with van der Waals surface area (Å²) in [4.78, 5) is 40.8. The molecule has 1 saturated heterocycles. The van der Waals surface area contributed by atoms with E-state index in [4.69, 9.17) is 4.74 Å². The molecule has 0 aliphatic carbocycles. The van der Waals surface area contributed by atoms with E-state index in [1.54, 1.807) is 19.9 Å². The van der Waals surface area contributed by atoms with Crippen LogP contribution in [0.2, 0.25) is 0 Å². The van der Waals surface area contributed by atoms with Gasteiger partial charge in [0.25, 0.3) is 11.8 Å². The lowest BCUT2D eigenvalue weighted by atomic mass is 10.1. The van der Waals surface area contributed by atoms with Crippen LogP contribution < -0.4 is 30.1 Å². The van der Waals surface area contributed by atoms with Gasteiger partial charge < -0.3 is 40.1 Å². The fourth-order valence-corrected chi connectivity index (χ4v) is 4.69. The van der Waals surface area contributed by atoms with Crippen molar-refractivity contribution >= 4 is 40.6 Å². The number of carbonyl (C=O) groups is 2. The molecule has 0 bridgehead atoms. The Labute approximate surface area is 231 Å². The van der Waals surface area contributed by atoms with Gasteiger partial charge in [-0.1, -0.05) is 0 Å². The number of hydrogen-bond acceptors (Lipinski definition) is 10. The van der Waals surface area contributed by atoms with Crippen LogP contribution in [0, 0.1) is 0 Å². The first-order valence-corrected chi connectivity index (χ1v) is 13.1. The van der Waals surface area contributed by atoms with Gasteiger partial charge in [0.1, 0.15) is 12.3 Å². The number of carbonyl (C=O) groups excluding carboxylic acids is 2. The number of nitrogens with one attached hydrogen (secondary N) is 2. The van der Waals surface area contributed by atoms with Crippen LogP contribution >= 0.6 is 0 Å². The van der Waals surface area contributed by atoms with Gasteiger partial charge in [-0.15, -0.1) is 0 Å². The van der Waals surface area contributed by atoms with Crippen LogP contribution in [0.15, 0.2) is 18.3 Å². The van der Waals surface area contributed by atoms with Crippen LogP contribution in [-0.2, 0) is 4.79 Å². The van der Waals surface area contributed by atoms with Gasteiger partial charge in [-0.25, -0.2) is 4.98 Å². The molecule has 1 aromatic carbocycles. The molecule has 1 aromatic heterocycles. The van der Waals surface area contributed by atoms with Gasteiger partial charge in [-0.3, -0.25) is 9.59 Å². The van der Waals surface area contributed by atoms with E-state index in [9.17, 15) is 23.5 Å². The Morgan fingerprint density at radius 2 is 1.90 bits per heavy atom. The lowest BCUT2D eigenvalue weighted by Crippen LogP contribution is -2.47. The van der Waals surface area contributed by atoms with Crippen molar-refractivity contribution in [2.75, 3.05) is 87.1 Å². The average Bonchev–Trinajstić information content (AvgIpc) is 3.00. The van der Waals surface area contributed by atoms with E-state index in [2.05, 4.69) is 30.4 Å². The number of aromatic nitrogens is 2. The van der Waals surface area contributed by atoms with Gasteiger partial charge in [0, 0.05) is 52.0 Å². The standard InChI is InChI=1S/C26H36F2N8O4/c1-16(2)36-15-26(27,28)24(39)34(5)20-14-30-25(32-22(20)36)31-19-13-17(35-8-6-33(4)7-9-35)12-18(23(38)29-3)21(19)40-11-10-37/h12-14,16,37H,6-11,15H2,1-5H3,(H,29,38)(H,30,31,32). The van der Waals surface area contributed by atoms with E-state index in [0.29, 0.717) is 5.69 Å². The lowest BCUT2D eigenvalue weighted by molar-refractivity contribution is -0.140. The number of fused-ring (bicyclic) bond motifs is 1. The molecule has 0 atom stereocenters. The molecule has 12 nitrogen and oxygen atoms in total. The molecule has 2 aliphatic rings. The second-order valence-corrected chi connectivity index (χ2v) is 10.1. The summed E-state index contributed by atoms with van der Waals surface area (Å²) in [6.07, 6.45) is 1.32. The second kappa shape index (κ2) is 11.8. The van der Waals surface area contributed by atoms with Crippen molar-refractivity contribution in [1.82, 2.24) is 20.2 Å². The maximum absolute atomic E-state index is 14.7. The SMILES string of the molecule is CNC(=O)c1cc(N2CCN(C)CC2)cc(Nc2ncc3c(n2)N(C(C)C)CC(F)(F)C(=O)N3C)c1OCCO. The molecule has 14 heteroatoms. The summed E-state index contributed by atoms with van der Waals surface area (Å²) >= 11 is 0. The highest BCUT2D eigenvalue weighted by molar-refractivity contribution is 6.02. The Morgan fingerprint density at radius 3 is 2.52 bits per heavy atom. The number of nitrogens with zero attached hydrogens (tertiary/aromatic N) is 6. The van der Waals surface area contributed by atoms with Gasteiger partial charge in [0.05, 0.1) is 30.6 Å². The van der Waals surface area contributed by atoms with Crippen LogP contribution in [0.3, 0.4) is 0 Å². The highest BCUT2D eigenvalue weighted by Crippen LogP contribution is 2.39. The first kappa shape index (κ1) is 29.2. The molecule has 0 radical (unpaired) electrons. The van der Waals surface area contributed by atoms with Crippen molar-refractivity contribution in [3.63, 3.8) is 0 Å². The number of aliphatic hydroxyl groups is 1. The molecule has 3 N–H and O–H groups in total. The normalized spacial score (nSPS) is 17.5. The number of piperazine rings is 1. The van der Waals surface area contributed by atoms with Gasteiger partial charge in [-0.05, 0) is 33.0 Å². The Morgan fingerprint density at radius 1 is 1.20 bits per heavy atom. The number of rotatable bonds is 8. The number of amides is 2. The van der Waals surface area contributed by atoms with E-state index in [1.807, 2.05) is 13.1 Å². The zero-order valence-corrected chi connectivity index (χ0v) is 23.4. The summed E-state index contributed by atoms with van der Waals surface area (Å²) in [7, 11) is 4.83. The van der Waals surface area contributed by atoms with E-state index >= 15 is 0 Å². The highest BCUT2D eigenvalue weighted by Gasteiger charge is 2.47. The van der Waals surface area contributed by atoms with Crippen LogP contribution in [0.1, 0.15) is 24.2 Å². The van der Waals surface area contributed by atoms with Crippen molar-refractivity contribution in [2.24, 2.45) is 0 Å². The summed E-state index contributed by atoms with van der Waals surface area (Å²) in [5.74, 6) is -4.93. The van der Waals surface area contributed by atoms with E-state index in [1.165, 1.54) is 25.2 Å². The summed E-state index contributed by atoms with van der Waals surface area (Å²) in [6.45, 7) is 5.47. The third kappa shape index (κ3) is 5.87. The van der Waals surface area contributed by atoms with Crippen molar-refractivity contribution < 1.29 is 28.2 Å². The number of ether oxygens (including phenoxy) is 1. The van der Waals surface area contributed by atoms with E-state index < -0.39 is 24.4 Å². The third-order valence-corrected chi connectivity index (χ3v) is 6.99. The van der Waals surface area contributed by atoms with Gasteiger partial charge in [-0.2, -0.15) is 13.8 Å². The quantitative estimate of drug-likeness (QED) is 0.436. The molecule has 0 saturated carbocycles. The highest BCUT2D eigenvalue weighted by atomic mass is 19.3. The minimum absolute atomic E-state index is 0.0581. The van der Waals surface area contributed by atoms with Crippen LogP contribution in [0.5, 0.6) is 5.75 Å². The Balaban J connectivity index is 1.81. The predicted octanol–water partition coefficient (Wildman–Crippen LogP) is 1.53. The molecular formula is C26H36F2N8O4. The van der Waals surface area contributed by atoms with E-state index in [-0.39, 0.29) is 47.9 Å². The first-order valence-electron chi connectivity index (χ1n) is 13.1. The number of likely N-dealkylation sites (N-methyl/N-ethyl adjacent to an activating group) is 1. The number of halogens is 2. The van der Waals surface area contributed by atoms with E-state index in [0.717, 1.165) is 36.8 Å². The maximum atomic E-state index is 14.7. The molecule has 2 aromatic rings. The summed E-state index contributed by atoms with van der Waals surface area (Å²) < 4.78 is 35.2. The Kier molecular flexibility index (Phi) is 8.59. The largest absolute Gasteiger partial charge is 0.488 e. The van der Waals surface area contributed by atoms with Crippen LogP contribution in [0.25, 0.3) is 0 Å². The summed E-state index contributed by atoms with van der Waals surface area (Å²) in [5.41, 5.74) is 1.53. The molecule has 40 heavy (non-hydrogen) atoms. The minimum Gasteiger partial charge on any atom is -0.488 e. The molecule has 4 rings (SSSR count). The molecule has 0 spiro atoms. The smallest absolute Gasteiger partial charge is 0.342 e. The van der Waals surface area contributed by atoms with Crippen molar-refractivity contribution in [3.8, 4) is 5.75 Å². The Bertz CT molecular complexity index is 1250. The maximum Gasteiger partial charge on any atom is 0.342 e. The number of aliphatic hydroxyl groups excluding tert-OH is 1. The zero-order chi connectivity index (χ0) is 29.2. The number of anilines is 5. The molecule has 218 valence electrons. The number of alkyl halides is 2. The number of benzene rings is 1. The topological polar surface area (TPSA) is 126 Å². The molecule has 0 unspecified atom stereocenters. The number of hydrogen-bond donors (Lipinski definition) is 3. The predicted molar refractivity (Wildman–Crippen MR) is 148 cm³/mol. The fraction of sp³-hybridized carbons (Fsp3) is 0.538. The second-order valence-electron chi connectivity index (χ2n) is 10.1. The minimum atomic E-state index is -3.61. The van der Waals surface area contributed by atoms with Gasteiger partial charge in [0.15, 0.2) is 11.6 Å². The fourth-order valence-electron chi connectivity index (χ4n) is 4.69. The lowest BCUT2D eigenvalue weighted by Gasteiger charge is -2.34. The summed E-state index contributed by atoms with van der Waals surface area (Å²) in [5, 5.41) is 15.2. The molecule has 2 amide bonds. The Hall–Kier alpha value is -3.78. The monoisotopic (exact) mass is 562 g/mol. The van der Waals surface area contributed by atoms with Gasteiger partial charge >= 0.3 is 5.92 Å². The van der Waals surface area contributed by atoms with Crippen LogP contribution in [-0.4, -0.2) is 111 Å². The zero-order valence-electron chi connectivity index (χ0n) is 23.4. The summed E-state index contributed by atoms with van der Waals surface area (Å²) in [6, 6.07) is 3.16. The van der Waals surface area contributed by atoms with Crippen molar-refractivity contribution in [2.45, 2.75) is 25.8 Å². The molecule has 1 fully saturated rings. The van der Waals surface area contributed by atoms with Crippen molar-refractivity contribution in [1.29, 1.82) is 0 Å². The first-order chi connectivity index (χ1) is 19.0. The van der Waals surface area contributed by atoms with Gasteiger partial charge in [0.2, 0.25) is 5.95 Å². The average molecular weight is 563 g/mol. The molecule has 3 heterocycles. The third-order valence-electron chi connectivity index (χ3n) is 6.99. The molecule has 2 aliphatic heterocycles. The van der Waals surface area contributed by atoms with Crippen LogP contribution in [0.4, 0.5) is 37.6 Å². The molecular weight excluding hydrogens is 526 g/mol.